The van der Waals surface area contributed by atoms with E-state index in [1.54, 1.807) is 12.1 Å². The number of carbonyl (C=O) groups is 3. The Morgan fingerprint density at radius 2 is 1.90 bits per heavy atom. The molecule has 7 nitrogen and oxygen atoms in total. The van der Waals surface area contributed by atoms with Crippen molar-refractivity contribution in [2.45, 2.75) is 0 Å². The first kappa shape index (κ1) is 21.2. The first-order valence-electron chi connectivity index (χ1n) is 5.01. The van der Waals surface area contributed by atoms with Crippen molar-refractivity contribution in [3.63, 3.8) is 0 Å². The largest absolute Gasteiger partial charge is 1.00 e. The zero-order valence-electron chi connectivity index (χ0n) is 10.8. The van der Waals surface area contributed by atoms with Gasteiger partial charge in [0.25, 0.3) is 5.91 Å². The number of anilines is 1. The molecule has 0 saturated heterocycles. The number of nitrogens with one attached hydrogen (secondary N) is 2. The molecule has 9 heteroatoms. The number of carboxylic acids is 1. The summed E-state index contributed by atoms with van der Waals surface area (Å²) in [7, 11) is 0. The van der Waals surface area contributed by atoms with Crippen molar-refractivity contribution in [2.75, 3.05) is 17.6 Å². The molecule has 0 saturated carbocycles. The van der Waals surface area contributed by atoms with E-state index in [0.29, 0.717) is 5.69 Å². The second kappa shape index (κ2) is 10.7. The van der Waals surface area contributed by atoms with Crippen LogP contribution >= 0.6 is 12.6 Å². The molecule has 0 radical (unpaired) electrons. The smallest absolute Gasteiger partial charge is 0.548 e. The van der Waals surface area contributed by atoms with Crippen molar-refractivity contribution >= 4 is 36.1 Å². The molecule has 0 aliphatic carbocycles. The van der Waals surface area contributed by atoms with Gasteiger partial charge in [-0.05, 0) is 18.2 Å². The zero-order chi connectivity index (χ0) is 13.5. The fraction of sp³-hybridized carbons (Fsp3) is 0.182. The quantitative estimate of drug-likeness (QED) is 0.372. The minimum Gasteiger partial charge on any atom is -0.548 e. The summed E-state index contributed by atoms with van der Waals surface area (Å²) in [4.78, 5) is 32.8. The Morgan fingerprint density at radius 1 is 1.25 bits per heavy atom. The van der Waals surface area contributed by atoms with E-state index in [-0.39, 0.29) is 52.3 Å². The number of aliphatic carboxylic acids is 1. The van der Waals surface area contributed by atoms with Gasteiger partial charge in [0.1, 0.15) is 0 Å². The SMILES string of the molecule is O.O=C([O-])CNC(=O)c1cccc(NC(=O)CS)c1.[Na+]. The number of rotatable bonds is 5. The van der Waals surface area contributed by atoms with Gasteiger partial charge in [-0.3, -0.25) is 9.59 Å². The number of hydrogen-bond acceptors (Lipinski definition) is 5. The number of amides is 2. The van der Waals surface area contributed by atoms with Crippen LogP contribution in [-0.2, 0) is 9.59 Å². The first-order chi connectivity index (χ1) is 8.52. The van der Waals surface area contributed by atoms with Crippen molar-refractivity contribution in [3.05, 3.63) is 29.8 Å². The van der Waals surface area contributed by atoms with Crippen LogP contribution in [0.2, 0.25) is 0 Å². The van der Waals surface area contributed by atoms with Gasteiger partial charge in [-0.2, -0.15) is 12.6 Å². The molecule has 2 amide bonds. The Bertz CT molecular complexity index is 484. The second-order valence-electron chi connectivity index (χ2n) is 3.34. The second-order valence-corrected chi connectivity index (χ2v) is 3.66. The fourth-order valence-corrected chi connectivity index (χ4v) is 1.27. The van der Waals surface area contributed by atoms with Crippen molar-refractivity contribution in [1.29, 1.82) is 0 Å². The maximum Gasteiger partial charge on any atom is 1.00 e. The molecule has 0 aliphatic rings. The van der Waals surface area contributed by atoms with Crippen LogP contribution in [0, 0.1) is 0 Å². The number of carboxylic acid groups (broad SMARTS) is 1. The van der Waals surface area contributed by atoms with Gasteiger partial charge in [0.2, 0.25) is 5.91 Å². The summed E-state index contributed by atoms with van der Waals surface area (Å²) in [6.07, 6.45) is 0. The number of carbonyl (C=O) groups excluding carboxylic acids is 3. The van der Waals surface area contributed by atoms with Crippen LogP contribution in [0.1, 0.15) is 10.4 Å². The molecular formula is C11H13N2NaO5S. The number of hydrogen-bond donors (Lipinski definition) is 3. The average molecular weight is 308 g/mol. The van der Waals surface area contributed by atoms with Gasteiger partial charge in [-0.15, -0.1) is 0 Å². The predicted octanol–water partition coefficient (Wildman–Crippen LogP) is -4.79. The molecule has 4 N–H and O–H groups in total. The molecule has 0 aromatic heterocycles. The molecule has 1 aromatic carbocycles. The standard InChI is InChI=1S/C11H12N2O4S.Na.H2O/c14-9(6-18)13-8-3-1-2-7(4-8)11(17)12-5-10(15)16;;/h1-4,18H,5-6H2,(H,12,17)(H,13,14)(H,15,16);;1H2/q;+1;/p-1. The molecule has 0 unspecified atom stereocenters. The predicted molar refractivity (Wildman–Crippen MR) is 69.9 cm³/mol. The van der Waals surface area contributed by atoms with E-state index in [9.17, 15) is 19.5 Å². The summed E-state index contributed by atoms with van der Waals surface area (Å²) in [6.45, 7) is -0.563. The van der Waals surface area contributed by atoms with Crippen LogP contribution in [-0.4, -0.2) is 35.6 Å². The van der Waals surface area contributed by atoms with E-state index < -0.39 is 18.4 Å². The van der Waals surface area contributed by atoms with Crippen LogP contribution in [0.5, 0.6) is 0 Å². The van der Waals surface area contributed by atoms with Gasteiger partial charge >= 0.3 is 29.6 Å². The fourth-order valence-electron chi connectivity index (χ4n) is 1.19. The first-order valence-corrected chi connectivity index (χ1v) is 5.65. The Labute approximate surface area is 143 Å². The van der Waals surface area contributed by atoms with E-state index in [1.807, 2.05) is 0 Å². The summed E-state index contributed by atoms with van der Waals surface area (Å²) in [5.74, 6) is -2.20. The molecule has 0 heterocycles. The third-order valence-electron chi connectivity index (χ3n) is 1.95. The Morgan fingerprint density at radius 3 is 2.45 bits per heavy atom. The molecule has 1 rings (SSSR count). The molecule has 104 valence electrons. The topological polar surface area (TPSA) is 130 Å². The van der Waals surface area contributed by atoms with Gasteiger partial charge in [0, 0.05) is 11.3 Å². The summed E-state index contributed by atoms with van der Waals surface area (Å²) >= 11 is 3.80. The van der Waals surface area contributed by atoms with E-state index in [1.165, 1.54) is 12.1 Å². The van der Waals surface area contributed by atoms with Crippen LogP contribution < -0.4 is 45.3 Å². The molecule has 0 fully saturated rings. The molecule has 0 spiro atoms. The van der Waals surface area contributed by atoms with E-state index in [4.69, 9.17) is 0 Å². The van der Waals surface area contributed by atoms with Gasteiger partial charge in [-0.1, -0.05) is 6.07 Å². The zero-order valence-corrected chi connectivity index (χ0v) is 13.7. The molecule has 0 aliphatic heterocycles. The van der Waals surface area contributed by atoms with Crippen LogP contribution in [0.15, 0.2) is 24.3 Å². The third kappa shape index (κ3) is 7.51. The van der Waals surface area contributed by atoms with Gasteiger partial charge < -0.3 is 26.0 Å². The molecular weight excluding hydrogens is 295 g/mol. The minimum absolute atomic E-state index is 0. The molecule has 1 aromatic rings. The van der Waals surface area contributed by atoms with Crippen LogP contribution in [0.3, 0.4) is 0 Å². The maximum absolute atomic E-state index is 11.5. The van der Waals surface area contributed by atoms with Crippen LogP contribution in [0.25, 0.3) is 0 Å². The van der Waals surface area contributed by atoms with Gasteiger partial charge in [0.15, 0.2) is 0 Å². The van der Waals surface area contributed by atoms with E-state index >= 15 is 0 Å². The minimum atomic E-state index is -1.37. The molecule has 0 bridgehead atoms. The molecule has 20 heavy (non-hydrogen) atoms. The maximum atomic E-state index is 11.5. The third-order valence-corrected chi connectivity index (χ3v) is 2.23. The monoisotopic (exact) mass is 308 g/mol. The normalized spacial score (nSPS) is 8.65. The Balaban J connectivity index is 0. The average Bonchev–Trinajstić information content (AvgIpc) is 2.36. The summed E-state index contributed by atoms with van der Waals surface area (Å²) < 4.78 is 0. The van der Waals surface area contributed by atoms with Crippen molar-refractivity contribution < 1.29 is 54.5 Å². The summed E-state index contributed by atoms with van der Waals surface area (Å²) in [5, 5.41) is 14.9. The van der Waals surface area contributed by atoms with Crippen molar-refractivity contribution in [2.24, 2.45) is 0 Å². The van der Waals surface area contributed by atoms with Gasteiger partial charge in [0.05, 0.1) is 18.3 Å². The summed E-state index contributed by atoms with van der Waals surface area (Å²) in [6, 6.07) is 6.12. The number of thiol groups is 1. The number of benzene rings is 1. The molecule has 0 atom stereocenters. The van der Waals surface area contributed by atoms with E-state index in [2.05, 4.69) is 23.3 Å². The Hall–Kier alpha value is -1.06. The summed E-state index contributed by atoms with van der Waals surface area (Å²) in [5.41, 5.74) is 0.684. The van der Waals surface area contributed by atoms with Crippen molar-refractivity contribution in [3.8, 4) is 0 Å². The van der Waals surface area contributed by atoms with Crippen molar-refractivity contribution in [1.82, 2.24) is 5.32 Å². The van der Waals surface area contributed by atoms with Gasteiger partial charge in [-0.25, -0.2) is 0 Å². The van der Waals surface area contributed by atoms with E-state index in [0.717, 1.165) is 0 Å². The Kier molecular flexibility index (Phi) is 11.4. The van der Waals surface area contributed by atoms with Crippen LogP contribution in [0.4, 0.5) is 5.69 Å².